The highest BCUT2D eigenvalue weighted by Crippen LogP contribution is 2.40. The van der Waals surface area contributed by atoms with Crippen LogP contribution in [0.5, 0.6) is 0 Å². The van der Waals surface area contributed by atoms with E-state index in [0.717, 1.165) is 22.7 Å². The van der Waals surface area contributed by atoms with Crippen molar-refractivity contribution in [2.75, 3.05) is 4.90 Å². The van der Waals surface area contributed by atoms with Crippen LogP contribution >= 0.6 is 0 Å². The molecule has 0 saturated heterocycles. The molecular formula is C60H42N2. The minimum absolute atomic E-state index is 1.10. The van der Waals surface area contributed by atoms with Crippen LogP contribution in [0.4, 0.5) is 17.1 Å². The molecule has 11 aromatic rings. The van der Waals surface area contributed by atoms with E-state index in [-0.39, 0.29) is 0 Å². The second-order valence-electron chi connectivity index (χ2n) is 15.8. The van der Waals surface area contributed by atoms with E-state index in [1.54, 1.807) is 0 Å². The Morgan fingerprint density at radius 2 is 0.532 bits per heavy atom. The molecule has 0 saturated carbocycles. The van der Waals surface area contributed by atoms with E-state index in [9.17, 15) is 0 Å². The van der Waals surface area contributed by atoms with Crippen molar-refractivity contribution >= 4 is 38.9 Å². The van der Waals surface area contributed by atoms with Crippen LogP contribution in [0, 0.1) is 0 Å². The molecule has 0 aliphatic rings. The maximum atomic E-state index is 2.39. The SMILES string of the molecule is c1ccc(-c2ccc(-c3ccc(N(c4ccc(-c5ccccc5)cc4)c4ccc(-c5ccc6c(c5)c5ccccc5n6-c5ccc(-c6ccccc6)cc5)cc4)cc3)cc2)cc1. The number of fused-ring (bicyclic) bond motifs is 3. The molecule has 0 fully saturated rings. The van der Waals surface area contributed by atoms with Gasteiger partial charge in [0.25, 0.3) is 0 Å². The minimum Gasteiger partial charge on any atom is -0.311 e. The van der Waals surface area contributed by atoms with E-state index in [1.807, 2.05) is 0 Å². The van der Waals surface area contributed by atoms with Crippen molar-refractivity contribution in [2.45, 2.75) is 0 Å². The van der Waals surface area contributed by atoms with Gasteiger partial charge in [-0.3, -0.25) is 0 Å². The van der Waals surface area contributed by atoms with Gasteiger partial charge in [-0.1, -0.05) is 188 Å². The number of anilines is 3. The summed E-state index contributed by atoms with van der Waals surface area (Å²) in [5, 5.41) is 2.48. The molecule has 62 heavy (non-hydrogen) atoms. The van der Waals surface area contributed by atoms with Crippen LogP contribution in [0.25, 0.3) is 83.1 Å². The highest BCUT2D eigenvalue weighted by molar-refractivity contribution is 6.10. The lowest BCUT2D eigenvalue weighted by atomic mass is 10.00. The van der Waals surface area contributed by atoms with Gasteiger partial charge in [0.15, 0.2) is 0 Å². The van der Waals surface area contributed by atoms with Crippen molar-refractivity contribution in [1.82, 2.24) is 4.57 Å². The Balaban J connectivity index is 0.929. The van der Waals surface area contributed by atoms with E-state index in [4.69, 9.17) is 0 Å². The molecule has 2 heteroatoms. The minimum atomic E-state index is 1.10. The summed E-state index contributed by atoms with van der Waals surface area (Å²) in [6.07, 6.45) is 0. The van der Waals surface area contributed by atoms with Crippen LogP contribution < -0.4 is 4.90 Å². The Hall–Kier alpha value is -8.20. The van der Waals surface area contributed by atoms with Gasteiger partial charge >= 0.3 is 0 Å². The van der Waals surface area contributed by atoms with Crippen LogP contribution in [0.2, 0.25) is 0 Å². The van der Waals surface area contributed by atoms with Gasteiger partial charge in [-0.05, 0) is 122 Å². The Labute approximate surface area is 362 Å². The smallest absolute Gasteiger partial charge is 0.0541 e. The molecule has 2 nitrogen and oxygen atoms in total. The normalized spacial score (nSPS) is 11.2. The zero-order chi connectivity index (χ0) is 41.2. The third-order valence-corrected chi connectivity index (χ3v) is 12.0. The van der Waals surface area contributed by atoms with Crippen molar-refractivity contribution in [3.05, 3.63) is 255 Å². The number of hydrogen-bond acceptors (Lipinski definition) is 1. The maximum Gasteiger partial charge on any atom is 0.0541 e. The summed E-state index contributed by atoms with van der Waals surface area (Å²) in [5.74, 6) is 0. The van der Waals surface area contributed by atoms with Crippen LogP contribution in [-0.4, -0.2) is 4.57 Å². The highest BCUT2D eigenvalue weighted by atomic mass is 15.1. The Morgan fingerprint density at radius 3 is 0.968 bits per heavy atom. The summed E-state index contributed by atoms with van der Waals surface area (Å²) in [6.45, 7) is 0. The summed E-state index contributed by atoms with van der Waals surface area (Å²) in [7, 11) is 0. The van der Waals surface area contributed by atoms with Gasteiger partial charge in [-0.15, -0.1) is 0 Å². The highest BCUT2D eigenvalue weighted by Gasteiger charge is 2.16. The monoisotopic (exact) mass is 790 g/mol. The average Bonchev–Trinajstić information content (AvgIpc) is 3.69. The van der Waals surface area contributed by atoms with Gasteiger partial charge in [0, 0.05) is 33.5 Å². The molecule has 10 aromatic carbocycles. The van der Waals surface area contributed by atoms with Crippen LogP contribution in [0.1, 0.15) is 0 Å². The molecule has 292 valence electrons. The molecule has 0 bridgehead atoms. The Bertz CT molecular complexity index is 3260. The molecule has 0 spiro atoms. The molecule has 0 amide bonds. The van der Waals surface area contributed by atoms with E-state index >= 15 is 0 Å². The first-order valence-corrected chi connectivity index (χ1v) is 21.2. The van der Waals surface area contributed by atoms with Crippen LogP contribution in [-0.2, 0) is 0 Å². The molecule has 0 unspecified atom stereocenters. The Morgan fingerprint density at radius 1 is 0.226 bits per heavy atom. The third-order valence-electron chi connectivity index (χ3n) is 12.0. The molecule has 0 aliphatic heterocycles. The average molecular weight is 791 g/mol. The van der Waals surface area contributed by atoms with Gasteiger partial charge in [0.05, 0.1) is 11.0 Å². The lowest BCUT2D eigenvalue weighted by Gasteiger charge is -2.26. The molecule has 11 rings (SSSR count). The topological polar surface area (TPSA) is 8.17 Å². The summed E-state index contributed by atoms with van der Waals surface area (Å²) in [5.41, 5.74) is 18.9. The first-order valence-electron chi connectivity index (χ1n) is 21.2. The summed E-state index contributed by atoms with van der Waals surface area (Å²) < 4.78 is 2.39. The van der Waals surface area contributed by atoms with Crippen molar-refractivity contribution in [1.29, 1.82) is 0 Å². The Kier molecular flexibility index (Phi) is 9.57. The molecule has 0 aliphatic carbocycles. The summed E-state index contributed by atoms with van der Waals surface area (Å²) >= 11 is 0. The van der Waals surface area contributed by atoms with Crippen molar-refractivity contribution in [3.63, 3.8) is 0 Å². The van der Waals surface area contributed by atoms with Crippen molar-refractivity contribution in [3.8, 4) is 61.3 Å². The van der Waals surface area contributed by atoms with Crippen LogP contribution in [0.15, 0.2) is 255 Å². The van der Waals surface area contributed by atoms with Gasteiger partial charge < -0.3 is 9.47 Å². The fraction of sp³-hybridized carbons (Fsp3) is 0. The first-order chi connectivity index (χ1) is 30.7. The number of rotatable bonds is 9. The predicted molar refractivity (Wildman–Crippen MR) is 263 cm³/mol. The lowest BCUT2D eigenvalue weighted by molar-refractivity contribution is 1.18. The second-order valence-corrected chi connectivity index (χ2v) is 15.8. The molecule has 1 aromatic heterocycles. The fourth-order valence-electron chi connectivity index (χ4n) is 8.84. The van der Waals surface area contributed by atoms with Gasteiger partial charge in [-0.25, -0.2) is 0 Å². The number of para-hydroxylation sites is 1. The third kappa shape index (κ3) is 7.04. The number of aromatic nitrogens is 1. The zero-order valence-corrected chi connectivity index (χ0v) is 34.1. The molecular weight excluding hydrogens is 749 g/mol. The van der Waals surface area contributed by atoms with Crippen LogP contribution in [0.3, 0.4) is 0 Å². The van der Waals surface area contributed by atoms with E-state index in [2.05, 4.69) is 264 Å². The number of nitrogens with zero attached hydrogens (tertiary/aromatic N) is 2. The predicted octanol–water partition coefficient (Wildman–Crippen LogP) is 16.6. The zero-order valence-electron chi connectivity index (χ0n) is 34.1. The molecule has 0 N–H and O–H groups in total. The quantitative estimate of drug-likeness (QED) is 0.141. The second kappa shape index (κ2) is 16.1. The van der Waals surface area contributed by atoms with E-state index in [1.165, 1.54) is 77.4 Å². The first kappa shape index (κ1) is 36.8. The van der Waals surface area contributed by atoms with Gasteiger partial charge in [-0.2, -0.15) is 0 Å². The van der Waals surface area contributed by atoms with E-state index in [0.29, 0.717) is 0 Å². The van der Waals surface area contributed by atoms with Gasteiger partial charge in [0.2, 0.25) is 0 Å². The summed E-state index contributed by atoms with van der Waals surface area (Å²) in [4.78, 5) is 2.35. The van der Waals surface area contributed by atoms with Crippen molar-refractivity contribution in [2.24, 2.45) is 0 Å². The number of hydrogen-bond donors (Lipinski definition) is 0. The standard InChI is InChI=1S/C60H42N2/c1-4-12-43(13-5-1)46-20-22-47(23-21-46)50-26-35-54(36-27-50)61(53-33-24-48(25-34-53)44-14-6-2-7-15-44)55-37-30-51(31-38-55)52-32-41-60-58(42-52)57-18-10-11-19-59(57)62(60)56-39-28-49(29-40-56)45-16-8-3-9-17-45/h1-42H. The van der Waals surface area contributed by atoms with Gasteiger partial charge in [0.1, 0.15) is 0 Å². The molecule has 0 atom stereocenters. The van der Waals surface area contributed by atoms with Crippen molar-refractivity contribution < 1.29 is 0 Å². The number of benzene rings is 10. The summed E-state index contributed by atoms with van der Waals surface area (Å²) in [6, 6.07) is 91.9. The fourth-order valence-corrected chi connectivity index (χ4v) is 8.84. The lowest BCUT2D eigenvalue weighted by Crippen LogP contribution is -2.09. The largest absolute Gasteiger partial charge is 0.311 e. The molecule has 0 radical (unpaired) electrons. The maximum absolute atomic E-state index is 2.39. The van der Waals surface area contributed by atoms with E-state index < -0.39 is 0 Å². The molecule has 1 heterocycles.